The molecule has 0 aliphatic carbocycles. The lowest BCUT2D eigenvalue weighted by Gasteiger charge is -2.21. The van der Waals surface area contributed by atoms with Crippen LogP contribution in [0.2, 0.25) is 0 Å². The highest BCUT2D eigenvalue weighted by Gasteiger charge is 2.14. The van der Waals surface area contributed by atoms with Crippen LogP contribution in [0.5, 0.6) is 0 Å². The van der Waals surface area contributed by atoms with Crippen LogP contribution < -0.4 is 4.90 Å². The minimum Gasteiger partial charge on any atom is -0.478 e. The molecule has 0 saturated heterocycles. The molecule has 92 valence electrons. The van der Waals surface area contributed by atoms with E-state index in [0.717, 1.165) is 11.3 Å². The van der Waals surface area contributed by atoms with E-state index in [1.54, 1.807) is 12.3 Å². The normalized spacial score (nSPS) is 10.1. The number of benzene rings is 1. The molecule has 0 radical (unpaired) electrons. The van der Waals surface area contributed by atoms with Gasteiger partial charge in [-0.1, -0.05) is 12.1 Å². The van der Waals surface area contributed by atoms with Gasteiger partial charge in [-0.15, -0.1) is 0 Å². The molecule has 2 rings (SSSR count). The molecule has 0 aliphatic heterocycles. The van der Waals surface area contributed by atoms with Gasteiger partial charge in [-0.3, -0.25) is 4.98 Å². The van der Waals surface area contributed by atoms with Gasteiger partial charge in [0.15, 0.2) is 0 Å². The average Bonchev–Trinajstić information content (AvgIpc) is 2.38. The van der Waals surface area contributed by atoms with Crippen molar-refractivity contribution in [3.8, 4) is 0 Å². The van der Waals surface area contributed by atoms with E-state index in [9.17, 15) is 4.79 Å². The number of anilines is 2. The van der Waals surface area contributed by atoms with Crippen molar-refractivity contribution in [2.24, 2.45) is 0 Å². The molecule has 0 amide bonds. The fraction of sp³-hybridized carbons (Fsp3) is 0.143. The highest BCUT2D eigenvalue weighted by Crippen LogP contribution is 2.26. The summed E-state index contributed by atoms with van der Waals surface area (Å²) in [6, 6.07) is 9.60. The number of carboxylic acid groups (broad SMARTS) is 1. The van der Waals surface area contributed by atoms with Gasteiger partial charge in [-0.05, 0) is 30.7 Å². The summed E-state index contributed by atoms with van der Waals surface area (Å²) in [4.78, 5) is 16.9. The van der Waals surface area contributed by atoms with Gasteiger partial charge in [0.2, 0.25) is 0 Å². The van der Waals surface area contributed by atoms with Crippen LogP contribution in [-0.2, 0) is 0 Å². The van der Waals surface area contributed by atoms with Crippen LogP contribution >= 0.6 is 0 Å². The lowest BCUT2D eigenvalue weighted by atomic mass is 10.1. The fourth-order valence-corrected chi connectivity index (χ4v) is 1.82. The number of aryl methyl sites for hydroxylation is 1. The highest BCUT2D eigenvalue weighted by atomic mass is 16.4. The summed E-state index contributed by atoms with van der Waals surface area (Å²) in [6.45, 7) is 2.00. The topological polar surface area (TPSA) is 53.4 Å². The van der Waals surface area contributed by atoms with E-state index in [1.807, 2.05) is 43.1 Å². The second-order valence-corrected chi connectivity index (χ2v) is 4.10. The van der Waals surface area contributed by atoms with Crippen molar-refractivity contribution in [1.82, 2.24) is 4.98 Å². The molecule has 0 saturated carbocycles. The second-order valence-electron chi connectivity index (χ2n) is 4.10. The van der Waals surface area contributed by atoms with Gasteiger partial charge in [0.05, 0.1) is 5.69 Å². The first-order chi connectivity index (χ1) is 8.59. The molecule has 4 heteroatoms. The monoisotopic (exact) mass is 242 g/mol. The van der Waals surface area contributed by atoms with Crippen LogP contribution in [0, 0.1) is 6.92 Å². The molecule has 1 aromatic heterocycles. The maximum atomic E-state index is 11.2. The zero-order chi connectivity index (χ0) is 13.1. The Bertz CT molecular complexity index is 582. The maximum Gasteiger partial charge on any atom is 0.339 e. The number of aromatic carboxylic acids is 1. The largest absolute Gasteiger partial charge is 0.478 e. The van der Waals surface area contributed by atoms with Gasteiger partial charge in [0.1, 0.15) is 5.56 Å². The number of hydrogen-bond donors (Lipinski definition) is 1. The third kappa shape index (κ3) is 2.32. The summed E-state index contributed by atoms with van der Waals surface area (Å²) in [5.41, 5.74) is 2.90. The minimum absolute atomic E-state index is 0.196. The standard InChI is InChI=1S/C14H14N2O2/c1-10-4-3-5-11(8-10)16(2)13-6-7-15-9-12(13)14(17)18/h3-9H,1-2H3,(H,17,18). The van der Waals surface area contributed by atoms with Crippen molar-refractivity contribution in [2.45, 2.75) is 6.92 Å². The van der Waals surface area contributed by atoms with Crippen LogP contribution in [0.15, 0.2) is 42.7 Å². The second kappa shape index (κ2) is 4.87. The Morgan fingerprint density at radius 2 is 2.11 bits per heavy atom. The number of aromatic nitrogens is 1. The zero-order valence-corrected chi connectivity index (χ0v) is 10.3. The molecule has 1 aromatic carbocycles. The van der Waals surface area contributed by atoms with Crippen molar-refractivity contribution in [3.63, 3.8) is 0 Å². The molecule has 1 heterocycles. The Morgan fingerprint density at radius 3 is 2.78 bits per heavy atom. The lowest BCUT2D eigenvalue weighted by molar-refractivity contribution is 0.0697. The molecule has 0 fully saturated rings. The summed E-state index contributed by atoms with van der Waals surface area (Å²) in [6.07, 6.45) is 2.96. The predicted octanol–water partition coefficient (Wildman–Crippen LogP) is 2.86. The minimum atomic E-state index is -0.974. The van der Waals surface area contributed by atoms with E-state index in [2.05, 4.69) is 4.98 Å². The first kappa shape index (κ1) is 12.1. The number of pyridine rings is 1. The molecular weight excluding hydrogens is 228 g/mol. The van der Waals surface area contributed by atoms with Crippen molar-refractivity contribution in [2.75, 3.05) is 11.9 Å². The number of carbonyl (C=O) groups is 1. The molecule has 0 aliphatic rings. The van der Waals surface area contributed by atoms with Crippen molar-refractivity contribution < 1.29 is 9.90 Å². The zero-order valence-electron chi connectivity index (χ0n) is 10.3. The van der Waals surface area contributed by atoms with E-state index in [4.69, 9.17) is 5.11 Å². The van der Waals surface area contributed by atoms with Gasteiger partial charge in [-0.25, -0.2) is 4.79 Å². The van der Waals surface area contributed by atoms with Crippen LogP contribution in [0.25, 0.3) is 0 Å². The van der Waals surface area contributed by atoms with Crippen molar-refractivity contribution in [1.29, 1.82) is 0 Å². The van der Waals surface area contributed by atoms with E-state index in [-0.39, 0.29) is 5.56 Å². The Kier molecular flexibility index (Phi) is 3.28. The van der Waals surface area contributed by atoms with Crippen LogP contribution in [0.3, 0.4) is 0 Å². The van der Waals surface area contributed by atoms with Gasteiger partial charge in [0, 0.05) is 25.1 Å². The molecule has 18 heavy (non-hydrogen) atoms. The van der Waals surface area contributed by atoms with Crippen molar-refractivity contribution >= 4 is 17.3 Å². The van der Waals surface area contributed by atoms with E-state index >= 15 is 0 Å². The molecule has 4 nitrogen and oxygen atoms in total. The van der Waals surface area contributed by atoms with Gasteiger partial charge in [-0.2, -0.15) is 0 Å². The summed E-state index contributed by atoms with van der Waals surface area (Å²) in [7, 11) is 1.84. The Morgan fingerprint density at radius 1 is 1.33 bits per heavy atom. The predicted molar refractivity (Wildman–Crippen MR) is 70.4 cm³/mol. The van der Waals surface area contributed by atoms with Gasteiger partial charge in [0.25, 0.3) is 0 Å². The average molecular weight is 242 g/mol. The number of nitrogens with zero attached hydrogens (tertiary/aromatic N) is 2. The summed E-state index contributed by atoms with van der Waals surface area (Å²) in [5, 5.41) is 9.15. The fourth-order valence-electron chi connectivity index (χ4n) is 1.82. The Hall–Kier alpha value is -2.36. The summed E-state index contributed by atoms with van der Waals surface area (Å²) in [5.74, 6) is -0.974. The first-order valence-electron chi connectivity index (χ1n) is 5.57. The Labute approximate surface area is 106 Å². The van der Waals surface area contributed by atoms with Crippen LogP contribution in [-0.4, -0.2) is 23.1 Å². The highest BCUT2D eigenvalue weighted by molar-refractivity contribution is 5.95. The van der Waals surface area contributed by atoms with E-state index < -0.39 is 5.97 Å². The van der Waals surface area contributed by atoms with Crippen LogP contribution in [0.1, 0.15) is 15.9 Å². The number of hydrogen-bond acceptors (Lipinski definition) is 3. The smallest absolute Gasteiger partial charge is 0.339 e. The summed E-state index contributed by atoms with van der Waals surface area (Å²) < 4.78 is 0. The molecule has 0 spiro atoms. The third-order valence-corrected chi connectivity index (χ3v) is 2.78. The molecular formula is C14H14N2O2. The lowest BCUT2D eigenvalue weighted by Crippen LogP contribution is -2.14. The van der Waals surface area contributed by atoms with E-state index in [0.29, 0.717) is 5.69 Å². The first-order valence-corrected chi connectivity index (χ1v) is 5.57. The SMILES string of the molecule is Cc1cccc(N(C)c2ccncc2C(=O)O)c1. The van der Waals surface area contributed by atoms with Crippen molar-refractivity contribution in [3.05, 3.63) is 53.9 Å². The molecule has 0 unspecified atom stereocenters. The quantitative estimate of drug-likeness (QED) is 0.899. The number of carboxylic acids is 1. The molecule has 0 atom stereocenters. The number of rotatable bonds is 3. The molecule has 1 N–H and O–H groups in total. The van der Waals surface area contributed by atoms with Gasteiger partial charge >= 0.3 is 5.97 Å². The summed E-state index contributed by atoms with van der Waals surface area (Å²) >= 11 is 0. The van der Waals surface area contributed by atoms with E-state index in [1.165, 1.54) is 6.20 Å². The Balaban J connectivity index is 2.46. The molecule has 0 bridgehead atoms. The van der Waals surface area contributed by atoms with Crippen LogP contribution in [0.4, 0.5) is 11.4 Å². The third-order valence-electron chi connectivity index (χ3n) is 2.78. The maximum absolute atomic E-state index is 11.2. The van der Waals surface area contributed by atoms with Gasteiger partial charge < -0.3 is 10.0 Å². The molecule has 2 aromatic rings.